The molecule has 4 heteroatoms. The molecular weight excluding hydrogens is 128 g/mol. The fourth-order valence-corrected chi connectivity index (χ4v) is 0.804. The average molecular weight is 134 g/mol. The summed E-state index contributed by atoms with van der Waals surface area (Å²) in [5.74, 6) is 0.841. The Morgan fingerprint density at radius 3 is 3.00 bits per heavy atom. The van der Waals surface area contributed by atoms with Crippen molar-refractivity contribution in [2.75, 3.05) is 0 Å². The summed E-state index contributed by atoms with van der Waals surface area (Å²) in [7, 11) is 0. The van der Waals surface area contributed by atoms with Crippen LogP contribution in [0.1, 0.15) is 0 Å². The Labute approximate surface area is 57.3 Å². The van der Waals surface area contributed by atoms with E-state index in [1.165, 1.54) is 0 Å². The van der Waals surface area contributed by atoms with Crippen LogP contribution < -0.4 is 0 Å². The molecule has 0 aliphatic rings. The normalized spacial score (nSPS) is 10.0. The van der Waals surface area contributed by atoms with Gasteiger partial charge in [0.15, 0.2) is 0 Å². The van der Waals surface area contributed by atoms with Crippen LogP contribution in [0.4, 0.5) is 0 Å². The van der Waals surface area contributed by atoms with Crippen LogP contribution in [0.2, 0.25) is 0 Å². The van der Waals surface area contributed by atoms with Crippen LogP contribution in [0.3, 0.4) is 0 Å². The molecule has 10 heavy (non-hydrogen) atoms. The molecule has 0 radical (unpaired) electrons. The first kappa shape index (κ1) is 5.22. The number of nitrogens with one attached hydrogen (secondary N) is 2. The fraction of sp³-hybridized carbons (Fsp3) is 0. The molecule has 2 N–H and O–H groups in total. The van der Waals surface area contributed by atoms with Gasteiger partial charge in [0.05, 0.1) is 11.8 Å². The molecule has 0 saturated carbocycles. The summed E-state index contributed by atoms with van der Waals surface area (Å²) in [6.45, 7) is 0. The SMILES string of the molecule is c1c[nH]c(-c2cn[nH]c2)n1. The van der Waals surface area contributed by atoms with Crippen molar-refractivity contribution in [3.8, 4) is 11.4 Å². The van der Waals surface area contributed by atoms with Gasteiger partial charge >= 0.3 is 0 Å². The quantitative estimate of drug-likeness (QED) is 0.606. The predicted octanol–water partition coefficient (Wildman–Crippen LogP) is 0.800. The van der Waals surface area contributed by atoms with E-state index in [0.717, 1.165) is 11.4 Å². The minimum atomic E-state index is 0.841. The van der Waals surface area contributed by atoms with Crippen molar-refractivity contribution < 1.29 is 0 Å². The van der Waals surface area contributed by atoms with Gasteiger partial charge in [-0.1, -0.05) is 0 Å². The molecular formula is C6H6N4. The van der Waals surface area contributed by atoms with Gasteiger partial charge in [0.25, 0.3) is 0 Å². The van der Waals surface area contributed by atoms with Crippen molar-refractivity contribution in [2.24, 2.45) is 0 Å². The summed E-state index contributed by atoms with van der Waals surface area (Å²) in [5.41, 5.74) is 0.977. The maximum atomic E-state index is 4.04. The standard InChI is InChI=1S/C6H6N4/c1-2-8-6(7-1)5-3-9-10-4-5/h1-4H,(H,7,8)(H,9,10). The highest BCUT2D eigenvalue weighted by atomic mass is 15.1. The molecule has 4 nitrogen and oxygen atoms in total. The molecule has 0 amide bonds. The topological polar surface area (TPSA) is 57.4 Å². The van der Waals surface area contributed by atoms with E-state index in [9.17, 15) is 0 Å². The predicted molar refractivity (Wildman–Crippen MR) is 36.2 cm³/mol. The van der Waals surface area contributed by atoms with Gasteiger partial charge in [0.2, 0.25) is 0 Å². The van der Waals surface area contributed by atoms with Crippen LogP contribution in [-0.2, 0) is 0 Å². The van der Waals surface area contributed by atoms with Crippen molar-refractivity contribution in [2.45, 2.75) is 0 Å². The van der Waals surface area contributed by atoms with Crippen LogP contribution in [0.5, 0.6) is 0 Å². The Morgan fingerprint density at radius 2 is 2.40 bits per heavy atom. The van der Waals surface area contributed by atoms with Crippen molar-refractivity contribution in [3.63, 3.8) is 0 Å². The van der Waals surface area contributed by atoms with Gasteiger partial charge in [-0.05, 0) is 0 Å². The molecule has 0 fully saturated rings. The molecule has 0 atom stereocenters. The molecule has 0 aliphatic carbocycles. The zero-order valence-electron chi connectivity index (χ0n) is 5.20. The summed E-state index contributed by atoms with van der Waals surface area (Å²) in [6.07, 6.45) is 7.00. The van der Waals surface area contributed by atoms with Gasteiger partial charge in [-0.15, -0.1) is 0 Å². The monoisotopic (exact) mass is 134 g/mol. The first-order valence-corrected chi connectivity index (χ1v) is 2.95. The Kier molecular flexibility index (Phi) is 1.04. The molecule has 2 aromatic rings. The first-order valence-electron chi connectivity index (χ1n) is 2.95. The number of aromatic nitrogens is 4. The number of H-pyrrole nitrogens is 2. The number of rotatable bonds is 1. The van der Waals surface area contributed by atoms with Gasteiger partial charge in [-0.3, -0.25) is 5.10 Å². The Morgan fingerprint density at radius 1 is 1.40 bits per heavy atom. The number of aromatic amines is 2. The van der Waals surface area contributed by atoms with E-state index in [0.29, 0.717) is 0 Å². The van der Waals surface area contributed by atoms with E-state index in [2.05, 4.69) is 20.2 Å². The van der Waals surface area contributed by atoms with Gasteiger partial charge < -0.3 is 4.98 Å². The van der Waals surface area contributed by atoms with Gasteiger partial charge in [-0.25, -0.2) is 4.98 Å². The van der Waals surface area contributed by atoms with E-state index >= 15 is 0 Å². The van der Waals surface area contributed by atoms with Gasteiger partial charge in [0, 0.05) is 18.6 Å². The Hall–Kier alpha value is -1.58. The number of imidazole rings is 1. The first-order chi connectivity index (χ1) is 4.97. The van der Waals surface area contributed by atoms with Crippen molar-refractivity contribution in [1.29, 1.82) is 0 Å². The second kappa shape index (κ2) is 1.98. The molecule has 0 aliphatic heterocycles. The zero-order chi connectivity index (χ0) is 6.81. The third kappa shape index (κ3) is 0.699. The summed E-state index contributed by atoms with van der Waals surface area (Å²) >= 11 is 0. The lowest BCUT2D eigenvalue weighted by Gasteiger charge is -1.83. The van der Waals surface area contributed by atoms with Crippen LogP contribution in [0.25, 0.3) is 11.4 Å². The molecule has 0 bridgehead atoms. The lowest BCUT2D eigenvalue weighted by atomic mass is 10.3. The van der Waals surface area contributed by atoms with Crippen LogP contribution in [0.15, 0.2) is 24.8 Å². The molecule has 0 unspecified atom stereocenters. The Balaban J connectivity index is 2.48. The number of nitrogens with zero attached hydrogens (tertiary/aromatic N) is 2. The average Bonchev–Trinajstić information content (AvgIpc) is 2.59. The van der Waals surface area contributed by atoms with Crippen molar-refractivity contribution >= 4 is 0 Å². The molecule has 2 rings (SSSR count). The second-order valence-corrected chi connectivity index (χ2v) is 1.92. The van der Waals surface area contributed by atoms with Crippen molar-refractivity contribution in [3.05, 3.63) is 24.8 Å². The highest BCUT2D eigenvalue weighted by Crippen LogP contribution is 2.09. The Bertz CT molecular complexity index is 249. The summed E-state index contributed by atoms with van der Waals surface area (Å²) < 4.78 is 0. The smallest absolute Gasteiger partial charge is 0.140 e. The van der Waals surface area contributed by atoms with E-state index in [-0.39, 0.29) is 0 Å². The van der Waals surface area contributed by atoms with Gasteiger partial charge in [0.1, 0.15) is 5.82 Å². The van der Waals surface area contributed by atoms with E-state index in [4.69, 9.17) is 0 Å². The lowest BCUT2D eigenvalue weighted by molar-refractivity contribution is 1.09. The number of hydrogen-bond acceptors (Lipinski definition) is 2. The number of hydrogen-bond donors (Lipinski definition) is 2. The maximum absolute atomic E-state index is 4.04. The lowest BCUT2D eigenvalue weighted by Crippen LogP contribution is -1.73. The largest absolute Gasteiger partial charge is 0.345 e. The van der Waals surface area contributed by atoms with Crippen LogP contribution in [-0.4, -0.2) is 20.2 Å². The molecule has 0 saturated heterocycles. The third-order valence-electron chi connectivity index (χ3n) is 1.27. The molecule has 0 aromatic carbocycles. The third-order valence-corrected chi connectivity index (χ3v) is 1.27. The molecule has 2 heterocycles. The highest BCUT2D eigenvalue weighted by Gasteiger charge is 1.97. The minimum absolute atomic E-state index is 0.841. The highest BCUT2D eigenvalue weighted by molar-refractivity contribution is 5.51. The van der Waals surface area contributed by atoms with E-state index < -0.39 is 0 Å². The van der Waals surface area contributed by atoms with Crippen LogP contribution >= 0.6 is 0 Å². The van der Waals surface area contributed by atoms with Gasteiger partial charge in [-0.2, -0.15) is 5.10 Å². The molecule has 0 spiro atoms. The maximum Gasteiger partial charge on any atom is 0.140 e. The fourth-order valence-electron chi connectivity index (χ4n) is 0.804. The summed E-state index contributed by atoms with van der Waals surface area (Å²) in [6, 6.07) is 0. The molecule has 50 valence electrons. The molecule has 2 aromatic heterocycles. The summed E-state index contributed by atoms with van der Waals surface area (Å²) in [5, 5.41) is 6.50. The van der Waals surface area contributed by atoms with E-state index in [1.807, 2.05) is 0 Å². The van der Waals surface area contributed by atoms with Crippen LogP contribution in [0, 0.1) is 0 Å². The minimum Gasteiger partial charge on any atom is -0.345 e. The zero-order valence-corrected chi connectivity index (χ0v) is 5.20. The van der Waals surface area contributed by atoms with E-state index in [1.54, 1.807) is 24.8 Å². The second-order valence-electron chi connectivity index (χ2n) is 1.92. The summed E-state index contributed by atoms with van der Waals surface area (Å²) in [4.78, 5) is 7.01. The van der Waals surface area contributed by atoms with Crippen molar-refractivity contribution in [1.82, 2.24) is 20.2 Å².